The predicted molar refractivity (Wildman–Crippen MR) is 142 cm³/mol. The minimum absolute atomic E-state index is 0.0425. The molecule has 1 aromatic carbocycles. The average Bonchev–Trinajstić information content (AvgIpc) is 2.85. The molecule has 0 spiro atoms. The summed E-state index contributed by atoms with van der Waals surface area (Å²) in [6.45, 7) is 5.21. The molecule has 8 heteroatoms. The summed E-state index contributed by atoms with van der Waals surface area (Å²) >= 11 is 0. The molecule has 0 saturated heterocycles. The van der Waals surface area contributed by atoms with Gasteiger partial charge in [-0.15, -0.1) is 0 Å². The van der Waals surface area contributed by atoms with E-state index in [2.05, 4.69) is 0 Å². The lowest BCUT2D eigenvalue weighted by Gasteiger charge is -2.21. The third kappa shape index (κ3) is 10.6. The van der Waals surface area contributed by atoms with E-state index >= 15 is 0 Å². The van der Waals surface area contributed by atoms with Crippen molar-refractivity contribution in [2.45, 2.75) is 71.6 Å². The van der Waals surface area contributed by atoms with Gasteiger partial charge in [-0.3, -0.25) is 24.0 Å². The van der Waals surface area contributed by atoms with E-state index in [1.807, 2.05) is 13.8 Å². The second kappa shape index (κ2) is 15.4. The van der Waals surface area contributed by atoms with Crippen LogP contribution >= 0.6 is 0 Å². The van der Waals surface area contributed by atoms with Gasteiger partial charge in [0.15, 0.2) is 0 Å². The summed E-state index contributed by atoms with van der Waals surface area (Å²) < 4.78 is 5.53. The minimum Gasteiger partial charge on any atom is -0.380 e. The summed E-state index contributed by atoms with van der Waals surface area (Å²) in [4.78, 5) is 64.3. The molecule has 0 aliphatic heterocycles. The highest BCUT2D eigenvalue weighted by Gasteiger charge is 2.28. The molecule has 1 atom stereocenters. The molecule has 1 saturated carbocycles. The van der Waals surface area contributed by atoms with Crippen LogP contribution in [0.25, 0.3) is 0 Å². The number of benzene rings is 1. The molecule has 1 fully saturated rings. The van der Waals surface area contributed by atoms with Crippen LogP contribution in [0.15, 0.2) is 24.3 Å². The van der Waals surface area contributed by atoms with Crippen LogP contribution in [0, 0.1) is 11.8 Å². The van der Waals surface area contributed by atoms with Gasteiger partial charge in [0, 0.05) is 58.6 Å². The van der Waals surface area contributed by atoms with Gasteiger partial charge < -0.3 is 14.5 Å². The Bertz CT molecular complexity index is 940. The number of nitrogens with zero attached hydrogens (tertiary/aromatic N) is 2. The van der Waals surface area contributed by atoms with Crippen LogP contribution in [0.1, 0.15) is 70.8 Å². The molecule has 0 N–H and O–H groups in total. The molecule has 37 heavy (non-hydrogen) atoms. The Morgan fingerprint density at radius 3 is 2.35 bits per heavy atom. The maximum absolute atomic E-state index is 12.6. The smallest absolute Gasteiger partial charge is 0.236 e. The van der Waals surface area contributed by atoms with Crippen LogP contribution in [0.5, 0.6) is 0 Å². The number of likely N-dealkylation sites (N-methyl/N-ethyl adjacent to an activating group) is 1. The van der Waals surface area contributed by atoms with Crippen molar-refractivity contribution >= 4 is 34.9 Å². The zero-order chi connectivity index (χ0) is 27.4. The number of hydrogen-bond donors (Lipinski definition) is 0. The molecule has 204 valence electrons. The van der Waals surface area contributed by atoms with Gasteiger partial charge in [0.2, 0.25) is 11.8 Å². The van der Waals surface area contributed by atoms with Gasteiger partial charge in [0.25, 0.3) is 0 Å². The Hall–Kier alpha value is -2.87. The van der Waals surface area contributed by atoms with Gasteiger partial charge in [-0.2, -0.15) is 0 Å². The lowest BCUT2D eigenvalue weighted by molar-refractivity contribution is -0.135. The van der Waals surface area contributed by atoms with Crippen LogP contribution in [0.3, 0.4) is 0 Å². The Labute approximate surface area is 220 Å². The van der Waals surface area contributed by atoms with Gasteiger partial charge in [-0.1, -0.05) is 32.4 Å². The quantitative estimate of drug-likeness (QED) is 0.261. The van der Waals surface area contributed by atoms with Crippen molar-refractivity contribution in [3.8, 4) is 0 Å². The molecule has 0 heterocycles. The van der Waals surface area contributed by atoms with E-state index in [1.54, 1.807) is 38.4 Å². The lowest BCUT2D eigenvalue weighted by Crippen LogP contribution is -2.36. The number of carbonyl (C=O) groups excluding carboxylic acids is 5. The highest BCUT2D eigenvalue weighted by Crippen LogP contribution is 2.23. The molecular weight excluding hydrogens is 472 g/mol. The number of rotatable bonds is 15. The van der Waals surface area contributed by atoms with Gasteiger partial charge in [0.1, 0.15) is 23.8 Å². The Morgan fingerprint density at radius 2 is 1.70 bits per heavy atom. The molecule has 0 radical (unpaired) electrons. The van der Waals surface area contributed by atoms with E-state index in [0.717, 1.165) is 18.4 Å². The summed E-state index contributed by atoms with van der Waals surface area (Å²) in [6, 6.07) is 7.06. The van der Waals surface area contributed by atoms with E-state index in [0.29, 0.717) is 63.5 Å². The molecule has 2 amide bonds. The van der Waals surface area contributed by atoms with Crippen molar-refractivity contribution < 1.29 is 28.7 Å². The maximum atomic E-state index is 12.6. The SMILES string of the molecule is CC(C)CC(=O)CCCOCCN(C)C(=O)CC(=O)N(C)c1ccc(CC(=O)C2CCCCC2=O)cc1. The Morgan fingerprint density at radius 1 is 1.00 bits per heavy atom. The van der Waals surface area contributed by atoms with Crippen LogP contribution in [0.4, 0.5) is 5.69 Å². The molecular formula is C29H42N2O6. The average molecular weight is 515 g/mol. The van der Waals surface area contributed by atoms with Gasteiger partial charge in [0.05, 0.1) is 12.5 Å². The monoisotopic (exact) mass is 514 g/mol. The normalized spacial score (nSPS) is 15.5. The van der Waals surface area contributed by atoms with Crippen LogP contribution in [-0.4, -0.2) is 67.9 Å². The number of Topliss-reactive ketones (excluding diaryl/α,β-unsaturated/α-hetero) is 3. The highest BCUT2D eigenvalue weighted by molar-refractivity contribution is 6.05. The number of carbonyl (C=O) groups is 5. The van der Waals surface area contributed by atoms with Crippen LogP contribution in [-0.2, 0) is 35.1 Å². The fourth-order valence-electron chi connectivity index (χ4n) is 4.37. The van der Waals surface area contributed by atoms with Crippen molar-refractivity contribution in [3.05, 3.63) is 29.8 Å². The number of anilines is 1. The third-order valence-corrected chi connectivity index (χ3v) is 6.70. The van der Waals surface area contributed by atoms with Crippen molar-refractivity contribution in [1.82, 2.24) is 4.90 Å². The summed E-state index contributed by atoms with van der Waals surface area (Å²) in [5, 5.41) is 0. The molecule has 1 unspecified atom stereocenters. The molecule has 8 nitrogen and oxygen atoms in total. The third-order valence-electron chi connectivity index (χ3n) is 6.70. The Kier molecular flexibility index (Phi) is 12.6. The van der Waals surface area contributed by atoms with E-state index in [-0.39, 0.29) is 42.0 Å². The predicted octanol–water partition coefficient (Wildman–Crippen LogP) is 3.78. The topological polar surface area (TPSA) is 101 Å². The zero-order valence-corrected chi connectivity index (χ0v) is 22.8. The Balaban J connectivity index is 1.71. The molecule has 0 aromatic heterocycles. The van der Waals surface area contributed by atoms with Crippen LogP contribution in [0.2, 0.25) is 0 Å². The fourth-order valence-corrected chi connectivity index (χ4v) is 4.37. The van der Waals surface area contributed by atoms with E-state index < -0.39 is 5.92 Å². The maximum Gasteiger partial charge on any atom is 0.236 e. The number of hydrogen-bond acceptors (Lipinski definition) is 6. The first-order chi connectivity index (χ1) is 17.6. The summed E-state index contributed by atoms with van der Waals surface area (Å²) in [7, 11) is 3.24. The van der Waals surface area contributed by atoms with E-state index in [1.165, 1.54) is 9.80 Å². The van der Waals surface area contributed by atoms with Crippen molar-refractivity contribution in [2.24, 2.45) is 11.8 Å². The van der Waals surface area contributed by atoms with E-state index in [9.17, 15) is 24.0 Å². The van der Waals surface area contributed by atoms with Gasteiger partial charge in [-0.25, -0.2) is 0 Å². The first-order valence-corrected chi connectivity index (χ1v) is 13.3. The second-order valence-electron chi connectivity index (χ2n) is 10.4. The zero-order valence-electron chi connectivity index (χ0n) is 22.8. The molecule has 2 rings (SSSR count). The molecule has 1 aliphatic rings. The second-order valence-corrected chi connectivity index (χ2v) is 10.4. The molecule has 0 bridgehead atoms. The van der Waals surface area contributed by atoms with Crippen molar-refractivity contribution in [3.63, 3.8) is 0 Å². The highest BCUT2D eigenvalue weighted by atomic mass is 16.5. The summed E-state index contributed by atoms with van der Waals surface area (Å²) in [6.07, 6.45) is 4.61. The first kappa shape index (κ1) is 30.4. The summed E-state index contributed by atoms with van der Waals surface area (Å²) in [5.74, 6) is -0.501. The number of ether oxygens (including phenoxy) is 1. The first-order valence-electron chi connectivity index (χ1n) is 13.3. The fraction of sp³-hybridized carbons (Fsp3) is 0.621. The molecule has 1 aliphatic carbocycles. The largest absolute Gasteiger partial charge is 0.380 e. The minimum atomic E-state index is -0.481. The van der Waals surface area contributed by atoms with Crippen molar-refractivity contribution in [2.75, 3.05) is 38.8 Å². The number of amides is 2. The van der Waals surface area contributed by atoms with Gasteiger partial charge >= 0.3 is 0 Å². The van der Waals surface area contributed by atoms with Crippen molar-refractivity contribution in [1.29, 1.82) is 0 Å². The standard InChI is InChI=1S/C29H42N2O6/c1-21(2)18-24(32)8-7-16-37-17-15-30(3)28(35)20-29(36)31(4)23-13-11-22(12-14-23)19-27(34)25-9-5-6-10-26(25)33/h11-14,21,25H,5-10,15-20H2,1-4H3. The van der Waals surface area contributed by atoms with Gasteiger partial charge in [-0.05, 0) is 42.9 Å². The van der Waals surface area contributed by atoms with Crippen LogP contribution < -0.4 is 4.90 Å². The molecule has 1 aromatic rings. The lowest BCUT2D eigenvalue weighted by atomic mass is 9.83. The number of ketones is 3. The van der Waals surface area contributed by atoms with E-state index in [4.69, 9.17) is 4.74 Å². The summed E-state index contributed by atoms with van der Waals surface area (Å²) in [5.41, 5.74) is 1.42.